The summed E-state index contributed by atoms with van der Waals surface area (Å²) in [6, 6.07) is 17.4. The van der Waals surface area contributed by atoms with E-state index in [9.17, 15) is 4.79 Å². The maximum Gasteiger partial charge on any atom is 0.193 e. The van der Waals surface area contributed by atoms with E-state index < -0.39 is 0 Å². The fourth-order valence-corrected chi connectivity index (χ4v) is 3.93. The van der Waals surface area contributed by atoms with Crippen LogP contribution in [0.3, 0.4) is 0 Å². The Morgan fingerprint density at radius 3 is 2.71 bits per heavy atom. The number of fused-ring (bicyclic) bond motifs is 2. The molecule has 2 aromatic carbocycles. The smallest absolute Gasteiger partial charge is 0.193 e. The van der Waals surface area contributed by atoms with E-state index in [0.717, 1.165) is 27.8 Å². The van der Waals surface area contributed by atoms with E-state index in [-0.39, 0.29) is 11.5 Å². The molecular formula is C25H22N4O2. The van der Waals surface area contributed by atoms with Crippen molar-refractivity contribution in [1.29, 1.82) is 0 Å². The number of pyridine rings is 1. The van der Waals surface area contributed by atoms with Gasteiger partial charge in [0.15, 0.2) is 11.1 Å². The second-order valence-electron chi connectivity index (χ2n) is 7.88. The number of hydrogen-bond acceptors (Lipinski definition) is 5. The highest BCUT2D eigenvalue weighted by molar-refractivity contribution is 5.85. The molecular weight excluding hydrogens is 388 g/mol. The highest BCUT2D eigenvalue weighted by Crippen LogP contribution is 2.31. The van der Waals surface area contributed by atoms with Crippen LogP contribution in [0.25, 0.3) is 33.3 Å². The normalized spacial score (nSPS) is 12.4. The summed E-state index contributed by atoms with van der Waals surface area (Å²) < 4.78 is 8.04. The van der Waals surface area contributed by atoms with Crippen LogP contribution >= 0.6 is 0 Å². The number of nitrogens with zero attached hydrogens (tertiary/aromatic N) is 3. The number of aromatic nitrogens is 3. The van der Waals surface area contributed by atoms with Gasteiger partial charge in [-0.2, -0.15) is 5.10 Å². The number of aryl methyl sites for hydroxylation is 2. The van der Waals surface area contributed by atoms with Crippen molar-refractivity contribution in [2.75, 3.05) is 5.32 Å². The number of para-hydroxylation sites is 1. The van der Waals surface area contributed by atoms with Crippen LogP contribution in [0.4, 0.5) is 5.69 Å². The lowest BCUT2D eigenvalue weighted by molar-refractivity contribution is 0.610. The average Bonchev–Trinajstić information content (AvgIpc) is 3.13. The molecule has 0 saturated carbocycles. The molecule has 0 radical (unpaired) electrons. The molecule has 31 heavy (non-hydrogen) atoms. The topological polar surface area (TPSA) is 73.0 Å². The molecule has 0 bridgehead atoms. The summed E-state index contributed by atoms with van der Waals surface area (Å²) >= 11 is 0. The van der Waals surface area contributed by atoms with Crippen molar-refractivity contribution in [2.45, 2.75) is 19.9 Å². The Morgan fingerprint density at radius 2 is 1.90 bits per heavy atom. The monoisotopic (exact) mass is 410 g/mol. The molecule has 5 rings (SSSR count). The first-order valence-corrected chi connectivity index (χ1v) is 10.2. The Kier molecular flexibility index (Phi) is 4.55. The van der Waals surface area contributed by atoms with E-state index in [4.69, 9.17) is 4.42 Å². The molecule has 154 valence electrons. The zero-order valence-electron chi connectivity index (χ0n) is 17.6. The highest BCUT2D eigenvalue weighted by atomic mass is 16.3. The molecule has 0 saturated heterocycles. The lowest BCUT2D eigenvalue weighted by Crippen LogP contribution is -2.10. The maximum atomic E-state index is 13.0. The third kappa shape index (κ3) is 3.57. The van der Waals surface area contributed by atoms with Crippen molar-refractivity contribution in [3.8, 4) is 11.3 Å². The second kappa shape index (κ2) is 7.40. The molecule has 0 aliphatic carbocycles. The van der Waals surface area contributed by atoms with Gasteiger partial charge in [-0.05, 0) is 43.7 Å². The van der Waals surface area contributed by atoms with Crippen LogP contribution in [0.2, 0.25) is 0 Å². The van der Waals surface area contributed by atoms with Crippen molar-refractivity contribution in [3.63, 3.8) is 0 Å². The van der Waals surface area contributed by atoms with E-state index >= 15 is 0 Å². The van der Waals surface area contributed by atoms with Crippen molar-refractivity contribution >= 4 is 27.7 Å². The zero-order valence-corrected chi connectivity index (χ0v) is 17.6. The van der Waals surface area contributed by atoms with Crippen LogP contribution in [-0.4, -0.2) is 14.8 Å². The number of rotatable bonds is 4. The van der Waals surface area contributed by atoms with Gasteiger partial charge in [0.1, 0.15) is 11.3 Å². The lowest BCUT2D eigenvalue weighted by atomic mass is 10.0. The number of benzene rings is 2. The van der Waals surface area contributed by atoms with Crippen LogP contribution < -0.4 is 10.7 Å². The Labute approximate surface area is 179 Å². The molecule has 0 amide bonds. The van der Waals surface area contributed by atoms with Gasteiger partial charge in [0.2, 0.25) is 0 Å². The van der Waals surface area contributed by atoms with Gasteiger partial charge >= 0.3 is 0 Å². The second-order valence-corrected chi connectivity index (χ2v) is 7.88. The minimum absolute atomic E-state index is 0.0536. The van der Waals surface area contributed by atoms with Gasteiger partial charge in [0.05, 0.1) is 11.4 Å². The van der Waals surface area contributed by atoms with Crippen molar-refractivity contribution in [1.82, 2.24) is 14.8 Å². The van der Waals surface area contributed by atoms with Gasteiger partial charge in [0.25, 0.3) is 0 Å². The Bertz CT molecular complexity index is 1470. The fourth-order valence-electron chi connectivity index (χ4n) is 3.93. The largest absolute Gasteiger partial charge is 0.455 e. The van der Waals surface area contributed by atoms with Crippen LogP contribution in [0, 0.1) is 6.92 Å². The number of nitrogens with one attached hydrogen (secondary N) is 1. The zero-order chi connectivity index (χ0) is 21.5. The van der Waals surface area contributed by atoms with E-state index in [1.165, 1.54) is 0 Å². The van der Waals surface area contributed by atoms with Gasteiger partial charge < -0.3 is 9.73 Å². The molecule has 0 spiro atoms. The van der Waals surface area contributed by atoms with Gasteiger partial charge in [-0.1, -0.05) is 24.3 Å². The summed E-state index contributed by atoms with van der Waals surface area (Å²) in [6.07, 6.45) is 3.59. The predicted molar refractivity (Wildman–Crippen MR) is 123 cm³/mol. The first-order chi connectivity index (χ1) is 15.0. The average molecular weight is 410 g/mol. The third-order valence-electron chi connectivity index (χ3n) is 5.38. The molecule has 0 fully saturated rings. The van der Waals surface area contributed by atoms with Crippen LogP contribution in [0.1, 0.15) is 24.1 Å². The fraction of sp³-hybridized carbons (Fsp3) is 0.160. The Morgan fingerprint density at radius 1 is 1.10 bits per heavy atom. The first kappa shape index (κ1) is 19.1. The quantitative estimate of drug-likeness (QED) is 0.440. The SMILES string of the molecule is Cc1cc(C(C)Nc2ccccc2)c2oc(-c3cnc4nn(C)cc4c3)cc(=O)c2c1. The van der Waals surface area contributed by atoms with E-state index in [1.54, 1.807) is 16.9 Å². The van der Waals surface area contributed by atoms with Gasteiger partial charge in [-0.15, -0.1) is 0 Å². The first-order valence-electron chi connectivity index (χ1n) is 10.2. The lowest BCUT2D eigenvalue weighted by Gasteiger charge is -2.18. The number of hydrogen-bond donors (Lipinski definition) is 1. The van der Waals surface area contributed by atoms with Crippen molar-refractivity contribution in [3.05, 3.63) is 88.3 Å². The van der Waals surface area contributed by atoms with Crippen LogP contribution in [0.15, 0.2) is 76.2 Å². The summed E-state index contributed by atoms with van der Waals surface area (Å²) in [6.45, 7) is 4.06. The molecule has 1 atom stereocenters. The molecule has 6 nitrogen and oxygen atoms in total. The molecule has 5 aromatic rings. The molecule has 1 unspecified atom stereocenters. The number of anilines is 1. The van der Waals surface area contributed by atoms with E-state index in [2.05, 4.69) is 28.4 Å². The molecule has 3 heterocycles. The molecule has 1 N–H and O–H groups in total. The molecule has 0 aliphatic rings. The summed E-state index contributed by atoms with van der Waals surface area (Å²) in [7, 11) is 1.85. The van der Waals surface area contributed by atoms with Crippen LogP contribution in [-0.2, 0) is 7.05 Å². The van der Waals surface area contributed by atoms with Gasteiger partial charge in [-0.25, -0.2) is 4.98 Å². The Hall–Kier alpha value is -3.93. The minimum atomic E-state index is -0.0700. The molecule has 0 aliphatic heterocycles. The minimum Gasteiger partial charge on any atom is -0.455 e. The van der Waals surface area contributed by atoms with Gasteiger partial charge in [-0.3, -0.25) is 9.48 Å². The van der Waals surface area contributed by atoms with Crippen LogP contribution in [0.5, 0.6) is 0 Å². The predicted octanol–water partition coefficient (Wildman–Crippen LogP) is 5.22. The maximum absolute atomic E-state index is 13.0. The van der Waals surface area contributed by atoms with Gasteiger partial charge in [0, 0.05) is 47.7 Å². The summed E-state index contributed by atoms with van der Waals surface area (Å²) in [5.41, 5.74) is 4.89. The van der Waals surface area contributed by atoms with E-state index in [0.29, 0.717) is 22.4 Å². The summed E-state index contributed by atoms with van der Waals surface area (Å²) in [5, 5.41) is 9.28. The molecule has 3 aromatic heterocycles. The molecule has 6 heteroatoms. The van der Waals surface area contributed by atoms with Crippen molar-refractivity contribution < 1.29 is 4.42 Å². The Balaban J connectivity index is 1.65. The third-order valence-corrected chi connectivity index (χ3v) is 5.38. The van der Waals surface area contributed by atoms with Crippen molar-refractivity contribution in [2.24, 2.45) is 7.05 Å². The summed E-state index contributed by atoms with van der Waals surface area (Å²) in [4.78, 5) is 17.4. The standard InChI is InChI=1S/C25H22N4O2/c1-15-9-20(16(2)27-19-7-5-4-6-8-19)24-21(10-15)22(30)12-23(31-24)17-11-18-14-29(3)28-25(18)26-13-17/h4-14,16,27H,1-3H3. The highest BCUT2D eigenvalue weighted by Gasteiger charge is 2.17. The van der Waals surface area contributed by atoms with E-state index in [1.807, 2.05) is 62.6 Å². The summed E-state index contributed by atoms with van der Waals surface area (Å²) in [5.74, 6) is 0.493.